The zero-order chi connectivity index (χ0) is 18.4. The number of hydrogen-bond donors (Lipinski definition) is 1. The molecule has 25 heavy (non-hydrogen) atoms. The zero-order valence-electron chi connectivity index (χ0n) is 14.8. The van der Waals surface area contributed by atoms with Gasteiger partial charge in [0.25, 0.3) is 5.91 Å². The Kier molecular flexibility index (Phi) is 7.01. The van der Waals surface area contributed by atoms with Crippen molar-refractivity contribution in [3.05, 3.63) is 27.7 Å². The third-order valence-electron chi connectivity index (χ3n) is 3.42. The number of anilines is 1. The molecule has 0 aliphatic rings. The highest BCUT2D eigenvalue weighted by Crippen LogP contribution is 2.37. The third kappa shape index (κ3) is 5.31. The van der Waals surface area contributed by atoms with E-state index in [4.69, 9.17) is 21.1 Å². The fraction of sp³-hybridized carbons (Fsp3) is 0.471. The maximum Gasteiger partial charge on any atom is 0.257 e. The van der Waals surface area contributed by atoms with E-state index in [1.165, 1.54) is 18.4 Å². The van der Waals surface area contributed by atoms with Crippen LogP contribution in [0.25, 0.3) is 0 Å². The van der Waals surface area contributed by atoms with Gasteiger partial charge in [-0.25, -0.2) is 0 Å². The first-order valence-corrected chi connectivity index (χ1v) is 9.28. The summed E-state index contributed by atoms with van der Waals surface area (Å²) in [6.07, 6.45) is 1.67. The Morgan fingerprint density at radius 3 is 2.72 bits per heavy atom. The summed E-state index contributed by atoms with van der Waals surface area (Å²) in [6.45, 7) is 6.75. The number of benzene rings is 1. The SMILES string of the molecule is CCc1nnc(NC(=O)c2cc(Cl)c(OCCC(C)C)c(OC)c2)s1. The molecular weight excluding hydrogens is 362 g/mol. The molecule has 0 unspecified atom stereocenters. The van der Waals surface area contributed by atoms with Crippen molar-refractivity contribution in [2.45, 2.75) is 33.6 Å². The van der Waals surface area contributed by atoms with Crippen LogP contribution in [-0.2, 0) is 6.42 Å². The number of carbonyl (C=O) groups excluding carboxylic acids is 1. The van der Waals surface area contributed by atoms with Crippen molar-refractivity contribution in [2.75, 3.05) is 19.0 Å². The Morgan fingerprint density at radius 2 is 2.12 bits per heavy atom. The van der Waals surface area contributed by atoms with Crippen LogP contribution in [0.3, 0.4) is 0 Å². The van der Waals surface area contributed by atoms with Crippen molar-refractivity contribution in [3.8, 4) is 11.5 Å². The predicted octanol–water partition coefficient (Wildman–Crippen LogP) is 4.44. The van der Waals surface area contributed by atoms with Crippen LogP contribution in [0.4, 0.5) is 5.13 Å². The van der Waals surface area contributed by atoms with Gasteiger partial charge in [-0.05, 0) is 30.9 Å². The summed E-state index contributed by atoms with van der Waals surface area (Å²) >= 11 is 7.64. The van der Waals surface area contributed by atoms with Crippen molar-refractivity contribution >= 4 is 34.0 Å². The van der Waals surface area contributed by atoms with Crippen LogP contribution in [0.5, 0.6) is 11.5 Å². The number of halogens is 1. The molecule has 0 saturated heterocycles. The van der Waals surface area contributed by atoms with E-state index >= 15 is 0 Å². The Bertz CT molecular complexity index is 734. The van der Waals surface area contributed by atoms with Crippen LogP contribution in [0.2, 0.25) is 5.02 Å². The molecule has 1 aromatic heterocycles. The number of methoxy groups -OCH3 is 1. The number of hydrogen-bond acceptors (Lipinski definition) is 6. The summed E-state index contributed by atoms with van der Waals surface area (Å²) in [5, 5.41) is 12.3. The van der Waals surface area contributed by atoms with Crippen LogP contribution < -0.4 is 14.8 Å². The minimum atomic E-state index is -0.326. The van der Waals surface area contributed by atoms with Crippen molar-refractivity contribution < 1.29 is 14.3 Å². The van der Waals surface area contributed by atoms with Gasteiger partial charge in [-0.15, -0.1) is 10.2 Å². The number of amides is 1. The molecule has 0 saturated carbocycles. The Labute approximate surface area is 156 Å². The normalized spacial score (nSPS) is 10.8. The fourth-order valence-electron chi connectivity index (χ4n) is 2.00. The quantitative estimate of drug-likeness (QED) is 0.729. The van der Waals surface area contributed by atoms with E-state index in [0.717, 1.165) is 17.8 Å². The molecule has 136 valence electrons. The summed E-state index contributed by atoms with van der Waals surface area (Å²) in [5.74, 6) is 1.07. The van der Waals surface area contributed by atoms with E-state index in [0.29, 0.717) is 39.7 Å². The molecule has 1 amide bonds. The van der Waals surface area contributed by atoms with Gasteiger partial charge in [0, 0.05) is 5.56 Å². The number of ether oxygens (including phenoxy) is 2. The maximum atomic E-state index is 12.4. The molecule has 0 spiro atoms. The van der Waals surface area contributed by atoms with Gasteiger partial charge in [0.1, 0.15) is 5.01 Å². The van der Waals surface area contributed by atoms with Gasteiger partial charge in [-0.2, -0.15) is 0 Å². The van der Waals surface area contributed by atoms with E-state index in [-0.39, 0.29) is 5.91 Å². The lowest BCUT2D eigenvalue weighted by Gasteiger charge is -2.14. The highest BCUT2D eigenvalue weighted by Gasteiger charge is 2.17. The average Bonchev–Trinajstić information content (AvgIpc) is 3.03. The predicted molar refractivity (Wildman–Crippen MR) is 100 cm³/mol. The fourth-order valence-corrected chi connectivity index (χ4v) is 2.94. The van der Waals surface area contributed by atoms with Crippen LogP contribution in [0.15, 0.2) is 12.1 Å². The van der Waals surface area contributed by atoms with Gasteiger partial charge in [0.05, 0.1) is 18.7 Å². The van der Waals surface area contributed by atoms with Gasteiger partial charge < -0.3 is 9.47 Å². The number of nitrogens with one attached hydrogen (secondary N) is 1. The molecule has 6 nitrogen and oxygen atoms in total. The van der Waals surface area contributed by atoms with E-state index < -0.39 is 0 Å². The second-order valence-corrected chi connectivity index (χ2v) is 7.30. The molecule has 0 atom stereocenters. The van der Waals surface area contributed by atoms with Crippen LogP contribution in [0, 0.1) is 5.92 Å². The van der Waals surface area contributed by atoms with E-state index in [1.54, 1.807) is 12.1 Å². The molecule has 1 aromatic carbocycles. The molecule has 0 bridgehead atoms. The van der Waals surface area contributed by atoms with Gasteiger partial charge in [0.2, 0.25) is 5.13 Å². The first kappa shape index (κ1) is 19.5. The third-order valence-corrected chi connectivity index (χ3v) is 4.69. The second-order valence-electron chi connectivity index (χ2n) is 5.83. The lowest BCUT2D eigenvalue weighted by molar-refractivity contribution is 0.102. The van der Waals surface area contributed by atoms with E-state index in [1.807, 2.05) is 6.92 Å². The molecule has 1 N–H and O–H groups in total. The first-order chi connectivity index (χ1) is 11.9. The Hall–Kier alpha value is -1.86. The highest BCUT2D eigenvalue weighted by molar-refractivity contribution is 7.15. The molecular formula is C17H22ClN3O3S. The lowest BCUT2D eigenvalue weighted by Crippen LogP contribution is -2.12. The average molecular weight is 384 g/mol. The van der Waals surface area contributed by atoms with Gasteiger partial charge in [0.15, 0.2) is 11.5 Å². The zero-order valence-corrected chi connectivity index (χ0v) is 16.3. The molecule has 2 aromatic rings. The second kappa shape index (κ2) is 9.01. The molecule has 0 aliphatic heterocycles. The summed E-state index contributed by atoms with van der Waals surface area (Å²) in [4.78, 5) is 12.4. The molecule has 0 fully saturated rings. The summed E-state index contributed by atoms with van der Waals surface area (Å²) in [5.41, 5.74) is 0.367. The number of nitrogens with zero attached hydrogens (tertiary/aromatic N) is 2. The Balaban J connectivity index is 2.15. The van der Waals surface area contributed by atoms with Crippen molar-refractivity contribution in [2.24, 2.45) is 5.92 Å². The number of rotatable bonds is 8. The van der Waals surface area contributed by atoms with Crippen LogP contribution >= 0.6 is 22.9 Å². The molecule has 0 radical (unpaired) electrons. The molecule has 0 aliphatic carbocycles. The monoisotopic (exact) mass is 383 g/mol. The van der Waals surface area contributed by atoms with Gasteiger partial charge in [-0.1, -0.05) is 43.7 Å². The molecule has 2 rings (SSSR count). The van der Waals surface area contributed by atoms with Crippen molar-refractivity contribution in [1.82, 2.24) is 10.2 Å². The molecule has 1 heterocycles. The Morgan fingerprint density at radius 1 is 1.36 bits per heavy atom. The van der Waals surface area contributed by atoms with Crippen molar-refractivity contribution in [1.29, 1.82) is 0 Å². The van der Waals surface area contributed by atoms with Gasteiger partial charge >= 0.3 is 0 Å². The minimum Gasteiger partial charge on any atom is -0.493 e. The van der Waals surface area contributed by atoms with E-state index in [9.17, 15) is 4.79 Å². The molecule has 8 heteroatoms. The number of aromatic nitrogens is 2. The number of carbonyl (C=O) groups is 1. The first-order valence-electron chi connectivity index (χ1n) is 8.08. The smallest absolute Gasteiger partial charge is 0.257 e. The van der Waals surface area contributed by atoms with Crippen molar-refractivity contribution in [3.63, 3.8) is 0 Å². The largest absolute Gasteiger partial charge is 0.493 e. The summed E-state index contributed by atoms with van der Waals surface area (Å²) in [6, 6.07) is 3.17. The highest BCUT2D eigenvalue weighted by atomic mass is 35.5. The maximum absolute atomic E-state index is 12.4. The standard InChI is InChI=1S/C17H22ClN3O3S/c1-5-14-20-21-17(25-14)19-16(22)11-8-12(18)15(13(9-11)23-4)24-7-6-10(2)3/h8-10H,5-7H2,1-4H3,(H,19,21,22). The summed E-state index contributed by atoms with van der Waals surface area (Å²) < 4.78 is 11.1. The number of aryl methyl sites for hydroxylation is 1. The van der Waals surface area contributed by atoms with Gasteiger partial charge in [-0.3, -0.25) is 10.1 Å². The van der Waals surface area contributed by atoms with Crippen LogP contribution in [0.1, 0.15) is 42.6 Å². The minimum absolute atomic E-state index is 0.326. The lowest BCUT2D eigenvalue weighted by atomic mass is 10.1. The van der Waals surface area contributed by atoms with Crippen LogP contribution in [-0.4, -0.2) is 29.8 Å². The van der Waals surface area contributed by atoms with E-state index in [2.05, 4.69) is 29.4 Å². The summed E-state index contributed by atoms with van der Waals surface area (Å²) in [7, 11) is 1.51. The topological polar surface area (TPSA) is 73.3 Å².